The van der Waals surface area contributed by atoms with Gasteiger partial charge >= 0.3 is 0 Å². The van der Waals surface area contributed by atoms with Gasteiger partial charge in [-0.1, -0.05) is 147 Å². The van der Waals surface area contributed by atoms with Gasteiger partial charge in [-0.15, -0.1) is 11.8 Å². The second kappa shape index (κ2) is 12.7. The Labute approximate surface area is 342 Å². The molecule has 0 saturated heterocycles. The normalized spacial score (nSPS) is 17.1. The van der Waals surface area contributed by atoms with E-state index >= 15 is 0 Å². The molecule has 12 rings (SSSR count). The first kappa shape index (κ1) is 33.6. The van der Waals surface area contributed by atoms with Crippen LogP contribution in [0.1, 0.15) is 36.5 Å². The van der Waals surface area contributed by atoms with E-state index in [1.165, 1.54) is 54.8 Å². The molecule has 58 heavy (non-hydrogen) atoms. The highest BCUT2D eigenvalue weighted by atomic mass is 32.2. The lowest BCUT2D eigenvalue weighted by Gasteiger charge is -2.28. The molecule has 1 aliphatic heterocycles. The molecule has 2 aliphatic carbocycles. The first-order chi connectivity index (χ1) is 28.5. The fourth-order valence-electron chi connectivity index (χ4n) is 10.0. The molecule has 2 atom stereocenters. The molecule has 2 nitrogen and oxygen atoms in total. The van der Waals surface area contributed by atoms with Crippen LogP contribution in [-0.4, -0.2) is 5.25 Å². The minimum Gasteiger partial charge on any atom is -0.455 e. The maximum Gasteiger partial charge on any atom is 0.143 e. The van der Waals surface area contributed by atoms with Crippen molar-refractivity contribution in [2.24, 2.45) is 0 Å². The summed E-state index contributed by atoms with van der Waals surface area (Å²) in [5.74, 6) is 0.403. The second-order valence-electron chi connectivity index (χ2n) is 16.4. The molecule has 0 N–H and O–H groups in total. The Morgan fingerprint density at radius 2 is 1.21 bits per heavy atom. The summed E-state index contributed by atoms with van der Waals surface area (Å²) in [5.41, 5.74) is 16.9. The van der Waals surface area contributed by atoms with Crippen molar-refractivity contribution < 1.29 is 4.42 Å². The largest absolute Gasteiger partial charge is 0.455 e. The van der Waals surface area contributed by atoms with Crippen LogP contribution in [-0.2, 0) is 5.41 Å². The molecule has 0 amide bonds. The summed E-state index contributed by atoms with van der Waals surface area (Å²) < 4.78 is 6.56. The standard InChI is InChI=1S/C55H39NOS/c1-55(2)47-17-7-5-13-43(47)44-32-30-39(33-48(44)55)56(38-28-23-36(24-29-38)41-16-10-20-51-53(41)45-14-6-8-19-50(45)58-51)37-26-21-35(22-27-37)40-15-9-18-49-52(40)46-31-25-34-11-3-4-12-42(34)54(46)57-49/h3-33,45,50H,1-2H3. The highest BCUT2D eigenvalue weighted by Gasteiger charge is 2.36. The lowest BCUT2D eigenvalue weighted by molar-refractivity contribution is 0.660. The van der Waals surface area contributed by atoms with E-state index in [1.807, 2.05) is 11.8 Å². The Hall–Kier alpha value is -6.55. The van der Waals surface area contributed by atoms with Gasteiger partial charge in [0.25, 0.3) is 0 Å². The van der Waals surface area contributed by atoms with E-state index in [0.717, 1.165) is 50.0 Å². The third-order valence-corrected chi connectivity index (χ3v) is 14.2. The molecule has 276 valence electrons. The number of nitrogens with zero attached hydrogens (tertiary/aromatic N) is 1. The van der Waals surface area contributed by atoms with Gasteiger partial charge in [0.15, 0.2) is 0 Å². The van der Waals surface area contributed by atoms with Crippen molar-refractivity contribution in [3.05, 3.63) is 205 Å². The molecule has 3 heteroatoms. The Bertz CT molecular complexity index is 3180. The molecule has 2 unspecified atom stereocenters. The van der Waals surface area contributed by atoms with E-state index in [1.54, 1.807) is 0 Å². The highest BCUT2D eigenvalue weighted by Crippen LogP contribution is 2.53. The van der Waals surface area contributed by atoms with Crippen LogP contribution in [0.5, 0.6) is 0 Å². The molecule has 1 aromatic heterocycles. The third-order valence-electron chi connectivity index (χ3n) is 12.8. The van der Waals surface area contributed by atoms with Gasteiger partial charge in [0.2, 0.25) is 0 Å². The third kappa shape index (κ3) is 4.99. The van der Waals surface area contributed by atoms with Gasteiger partial charge in [-0.2, -0.15) is 0 Å². The zero-order valence-electron chi connectivity index (χ0n) is 32.3. The van der Waals surface area contributed by atoms with E-state index in [-0.39, 0.29) is 5.41 Å². The Morgan fingerprint density at radius 3 is 2.05 bits per heavy atom. The molecule has 9 aromatic rings. The lowest BCUT2D eigenvalue weighted by atomic mass is 9.82. The number of anilines is 3. The molecular weight excluding hydrogens is 723 g/mol. The van der Waals surface area contributed by atoms with Crippen molar-refractivity contribution in [3.8, 4) is 33.4 Å². The average Bonchev–Trinajstić information content (AvgIpc) is 3.92. The van der Waals surface area contributed by atoms with Gasteiger partial charge in [0, 0.05) is 54.7 Å². The van der Waals surface area contributed by atoms with Gasteiger partial charge in [-0.3, -0.25) is 0 Å². The predicted octanol–water partition coefficient (Wildman–Crippen LogP) is 15.5. The van der Waals surface area contributed by atoms with Crippen molar-refractivity contribution in [2.45, 2.75) is 35.3 Å². The van der Waals surface area contributed by atoms with Crippen molar-refractivity contribution in [3.63, 3.8) is 0 Å². The maximum absolute atomic E-state index is 6.56. The SMILES string of the molecule is CC1(C)c2ccccc2-c2ccc(N(c3ccc(-c4cccc5c4C4C=CC=CC4S5)cc3)c3ccc(-c4cccc5oc6c7ccccc7ccc6c45)cc3)cc21. The van der Waals surface area contributed by atoms with Gasteiger partial charge in [-0.25, -0.2) is 0 Å². The van der Waals surface area contributed by atoms with Crippen LogP contribution in [0.2, 0.25) is 0 Å². The summed E-state index contributed by atoms with van der Waals surface area (Å²) in [6.07, 6.45) is 9.12. The summed E-state index contributed by atoms with van der Waals surface area (Å²) in [5, 5.41) is 5.09. The number of hydrogen-bond acceptors (Lipinski definition) is 3. The molecule has 0 saturated carbocycles. The van der Waals surface area contributed by atoms with Crippen LogP contribution in [0.3, 0.4) is 0 Å². The van der Waals surface area contributed by atoms with E-state index in [9.17, 15) is 0 Å². The van der Waals surface area contributed by atoms with Crippen LogP contribution in [0.4, 0.5) is 17.1 Å². The first-order valence-corrected chi connectivity index (χ1v) is 21.1. The van der Waals surface area contributed by atoms with E-state index < -0.39 is 0 Å². The summed E-state index contributed by atoms with van der Waals surface area (Å²) in [7, 11) is 0. The van der Waals surface area contributed by atoms with Crippen LogP contribution in [0.25, 0.3) is 66.1 Å². The quantitative estimate of drug-likeness (QED) is 0.174. The zero-order valence-corrected chi connectivity index (χ0v) is 33.1. The molecule has 0 radical (unpaired) electrons. The number of fused-ring (bicyclic) bond motifs is 11. The second-order valence-corrected chi connectivity index (χ2v) is 17.6. The Kier molecular flexibility index (Phi) is 7.37. The Morgan fingerprint density at radius 1 is 0.534 bits per heavy atom. The monoisotopic (exact) mass is 761 g/mol. The number of furan rings is 1. The van der Waals surface area contributed by atoms with E-state index in [0.29, 0.717) is 11.2 Å². The molecule has 0 fully saturated rings. The lowest BCUT2D eigenvalue weighted by Crippen LogP contribution is -2.16. The maximum atomic E-state index is 6.56. The average molecular weight is 762 g/mol. The van der Waals surface area contributed by atoms with Gasteiger partial charge in [0.1, 0.15) is 11.2 Å². The summed E-state index contributed by atoms with van der Waals surface area (Å²) in [4.78, 5) is 3.81. The number of benzene rings is 8. The van der Waals surface area contributed by atoms with Crippen LogP contribution in [0, 0.1) is 0 Å². The Balaban J connectivity index is 0.976. The van der Waals surface area contributed by atoms with Crippen LogP contribution >= 0.6 is 11.8 Å². The fourth-order valence-corrected chi connectivity index (χ4v) is 11.4. The summed E-state index contributed by atoms with van der Waals surface area (Å²) in [6, 6.07) is 60.3. The van der Waals surface area contributed by atoms with Gasteiger partial charge in [-0.05, 0) is 110 Å². The van der Waals surface area contributed by atoms with E-state index in [2.05, 4.69) is 207 Å². The minimum absolute atomic E-state index is 0.106. The smallest absolute Gasteiger partial charge is 0.143 e. The minimum atomic E-state index is -0.106. The summed E-state index contributed by atoms with van der Waals surface area (Å²) in [6.45, 7) is 4.72. The number of rotatable bonds is 5. The van der Waals surface area contributed by atoms with Crippen LogP contribution in [0.15, 0.2) is 197 Å². The number of thioether (sulfide) groups is 1. The number of hydrogen-bond donors (Lipinski definition) is 0. The van der Waals surface area contributed by atoms with Crippen molar-refractivity contribution in [2.75, 3.05) is 4.90 Å². The van der Waals surface area contributed by atoms with Gasteiger partial charge < -0.3 is 9.32 Å². The topological polar surface area (TPSA) is 16.4 Å². The van der Waals surface area contributed by atoms with Crippen molar-refractivity contribution >= 4 is 61.5 Å². The van der Waals surface area contributed by atoms with Crippen molar-refractivity contribution in [1.82, 2.24) is 0 Å². The highest BCUT2D eigenvalue weighted by molar-refractivity contribution is 8.00. The fraction of sp³-hybridized carbons (Fsp3) is 0.0909. The molecule has 2 heterocycles. The van der Waals surface area contributed by atoms with E-state index in [4.69, 9.17) is 4.42 Å². The first-order valence-electron chi connectivity index (χ1n) is 20.2. The summed E-state index contributed by atoms with van der Waals surface area (Å²) >= 11 is 1.99. The van der Waals surface area contributed by atoms with Crippen LogP contribution < -0.4 is 4.90 Å². The zero-order chi connectivity index (χ0) is 38.5. The van der Waals surface area contributed by atoms with Crippen molar-refractivity contribution in [1.29, 1.82) is 0 Å². The molecule has 0 spiro atoms. The molecule has 8 aromatic carbocycles. The number of allylic oxidation sites excluding steroid dienone is 3. The van der Waals surface area contributed by atoms with Gasteiger partial charge in [0.05, 0.1) is 0 Å². The predicted molar refractivity (Wildman–Crippen MR) is 245 cm³/mol. The molecule has 3 aliphatic rings. The molecular formula is C55H39NOS. The molecule has 0 bridgehead atoms.